The van der Waals surface area contributed by atoms with E-state index in [-0.39, 0.29) is 10.8 Å². The highest BCUT2D eigenvalue weighted by molar-refractivity contribution is 6.25. The molecule has 9 rings (SSSR count). The van der Waals surface area contributed by atoms with E-state index in [1.54, 1.807) is 0 Å². The van der Waals surface area contributed by atoms with Crippen molar-refractivity contribution in [3.63, 3.8) is 0 Å². The molecule has 1 heterocycles. The molecule has 0 aliphatic heterocycles. The monoisotopic (exact) mass is 632 g/mol. The van der Waals surface area contributed by atoms with Gasteiger partial charge in [-0.25, -0.2) is 0 Å². The molecule has 0 aliphatic rings. The number of furan rings is 1. The van der Waals surface area contributed by atoms with Crippen molar-refractivity contribution in [3.05, 3.63) is 145 Å². The zero-order chi connectivity index (χ0) is 33.7. The van der Waals surface area contributed by atoms with Crippen LogP contribution in [-0.2, 0) is 10.8 Å². The molecule has 0 radical (unpaired) electrons. The minimum Gasteiger partial charge on any atom is -0.455 e. The lowest BCUT2D eigenvalue weighted by atomic mass is 9.77. The van der Waals surface area contributed by atoms with Gasteiger partial charge < -0.3 is 4.42 Å². The van der Waals surface area contributed by atoms with Gasteiger partial charge in [0.1, 0.15) is 11.2 Å². The summed E-state index contributed by atoms with van der Waals surface area (Å²) in [4.78, 5) is 0. The first-order valence-electron chi connectivity index (χ1n) is 17.5. The summed E-state index contributed by atoms with van der Waals surface area (Å²) in [5.41, 5.74) is 9.42. The number of hydrogen-bond donors (Lipinski definition) is 0. The lowest BCUT2D eigenvalue weighted by molar-refractivity contribution is 0.601. The molecular formula is C48H40O. The van der Waals surface area contributed by atoms with Crippen LogP contribution in [0.2, 0.25) is 0 Å². The number of para-hydroxylation sites is 1. The Labute approximate surface area is 287 Å². The Kier molecular flexibility index (Phi) is 6.40. The van der Waals surface area contributed by atoms with E-state index in [4.69, 9.17) is 4.42 Å². The molecule has 49 heavy (non-hydrogen) atoms. The van der Waals surface area contributed by atoms with Gasteiger partial charge in [0.05, 0.1) is 0 Å². The largest absolute Gasteiger partial charge is 0.455 e. The van der Waals surface area contributed by atoms with Crippen LogP contribution in [0.25, 0.3) is 87.3 Å². The Balaban J connectivity index is 1.42. The van der Waals surface area contributed by atoms with Crippen molar-refractivity contribution in [2.75, 3.05) is 0 Å². The van der Waals surface area contributed by atoms with Gasteiger partial charge in [-0.05, 0) is 82.2 Å². The van der Waals surface area contributed by atoms with Gasteiger partial charge in [-0.2, -0.15) is 0 Å². The SMILES string of the molecule is CC(C)(C)c1c2ccccc2c(-c2cccc3c2oc2cccc(-c4c5ccccc5c(C(C)(C)C)c5ccccc45)c23)c2ccccc12. The van der Waals surface area contributed by atoms with Gasteiger partial charge in [0.15, 0.2) is 0 Å². The third-order valence-corrected chi connectivity index (χ3v) is 10.4. The highest BCUT2D eigenvalue weighted by atomic mass is 16.3. The van der Waals surface area contributed by atoms with E-state index in [1.807, 2.05) is 0 Å². The molecule has 0 aliphatic carbocycles. The van der Waals surface area contributed by atoms with Crippen LogP contribution in [0.15, 0.2) is 138 Å². The molecule has 0 unspecified atom stereocenters. The van der Waals surface area contributed by atoms with E-state index >= 15 is 0 Å². The van der Waals surface area contributed by atoms with E-state index in [1.165, 1.54) is 70.9 Å². The van der Waals surface area contributed by atoms with Crippen LogP contribution in [0.1, 0.15) is 52.7 Å². The quantitative estimate of drug-likeness (QED) is 0.173. The zero-order valence-corrected chi connectivity index (χ0v) is 29.1. The predicted octanol–water partition coefficient (Wildman–Crippen LogP) is 14.1. The summed E-state index contributed by atoms with van der Waals surface area (Å²) in [5.74, 6) is 0. The summed E-state index contributed by atoms with van der Waals surface area (Å²) < 4.78 is 7.00. The Bertz CT molecular complexity index is 2660. The fourth-order valence-corrected chi connectivity index (χ4v) is 8.71. The smallest absolute Gasteiger partial charge is 0.143 e. The molecule has 0 spiro atoms. The number of hydrogen-bond acceptors (Lipinski definition) is 1. The second-order valence-electron chi connectivity index (χ2n) is 15.6. The molecule has 1 aromatic heterocycles. The number of benzene rings is 8. The summed E-state index contributed by atoms with van der Waals surface area (Å²) in [7, 11) is 0. The minimum atomic E-state index is -0.0217. The predicted molar refractivity (Wildman–Crippen MR) is 212 cm³/mol. The lowest BCUT2D eigenvalue weighted by Crippen LogP contribution is -2.13. The Morgan fingerprint density at radius 1 is 0.347 bits per heavy atom. The standard InChI is InChI=1S/C48H40O/c1-47(2,3)44-33-21-11-7-17-29(33)41(30-18-8-12-22-34(30)44)37-25-16-28-40-43(37)39-27-15-26-38(46(39)49-40)42-31-19-9-13-23-35(31)45(48(4,5)6)36-24-14-10-20-32(36)42/h7-28H,1-6H3. The van der Waals surface area contributed by atoms with Gasteiger partial charge in [0.25, 0.3) is 0 Å². The van der Waals surface area contributed by atoms with Crippen molar-refractivity contribution in [3.8, 4) is 22.3 Å². The van der Waals surface area contributed by atoms with Crippen molar-refractivity contribution in [1.29, 1.82) is 0 Å². The second-order valence-corrected chi connectivity index (χ2v) is 15.6. The highest BCUT2D eigenvalue weighted by Gasteiger charge is 2.27. The maximum absolute atomic E-state index is 7.00. The van der Waals surface area contributed by atoms with Crippen LogP contribution < -0.4 is 0 Å². The minimum absolute atomic E-state index is 0.0188. The van der Waals surface area contributed by atoms with E-state index in [0.29, 0.717) is 0 Å². The van der Waals surface area contributed by atoms with Crippen LogP contribution in [0.3, 0.4) is 0 Å². The summed E-state index contributed by atoms with van der Waals surface area (Å²) in [6.45, 7) is 14.0. The molecule has 0 N–H and O–H groups in total. The van der Waals surface area contributed by atoms with Crippen LogP contribution in [0.4, 0.5) is 0 Å². The number of rotatable bonds is 2. The van der Waals surface area contributed by atoms with Gasteiger partial charge in [-0.15, -0.1) is 0 Å². The topological polar surface area (TPSA) is 13.1 Å². The Morgan fingerprint density at radius 3 is 1.12 bits per heavy atom. The molecule has 0 saturated heterocycles. The van der Waals surface area contributed by atoms with E-state index in [0.717, 1.165) is 27.5 Å². The molecule has 8 aromatic carbocycles. The molecule has 1 nitrogen and oxygen atoms in total. The first-order valence-corrected chi connectivity index (χ1v) is 17.5. The van der Waals surface area contributed by atoms with Gasteiger partial charge >= 0.3 is 0 Å². The molecule has 0 atom stereocenters. The molecule has 0 bridgehead atoms. The van der Waals surface area contributed by atoms with Crippen molar-refractivity contribution >= 4 is 65.0 Å². The van der Waals surface area contributed by atoms with E-state index in [9.17, 15) is 0 Å². The van der Waals surface area contributed by atoms with Crippen LogP contribution in [-0.4, -0.2) is 0 Å². The maximum atomic E-state index is 7.00. The summed E-state index contributed by atoms with van der Waals surface area (Å²) in [6, 6.07) is 49.0. The summed E-state index contributed by atoms with van der Waals surface area (Å²) in [5, 5.41) is 12.6. The average Bonchev–Trinajstić information content (AvgIpc) is 3.48. The summed E-state index contributed by atoms with van der Waals surface area (Å²) in [6.07, 6.45) is 0. The maximum Gasteiger partial charge on any atom is 0.143 e. The van der Waals surface area contributed by atoms with Crippen LogP contribution >= 0.6 is 0 Å². The molecule has 1 heteroatoms. The molecule has 238 valence electrons. The van der Waals surface area contributed by atoms with Crippen LogP contribution in [0, 0.1) is 0 Å². The van der Waals surface area contributed by atoms with Gasteiger partial charge in [0, 0.05) is 21.9 Å². The third kappa shape index (κ3) is 4.38. The van der Waals surface area contributed by atoms with E-state index in [2.05, 4.69) is 175 Å². The van der Waals surface area contributed by atoms with Gasteiger partial charge in [-0.1, -0.05) is 169 Å². The zero-order valence-electron chi connectivity index (χ0n) is 29.1. The molecule has 0 amide bonds. The van der Waals surface area contributed by atoms with Crippen molar-refractivity contribution in [2.45, 2.75) is 52.4 Å². The fraction of sp³-hybridized carbons (Fsp3) is 0.167. The second kappa shape index (κ2) is 10.5. The average molecular weight is 633 g/mol. The number of fused-ring (bicyclic) bond motifs is 7. The molecule has 0 saturated carbocycles. The first-order chi connectivity index (χ1) is 23.6. The van der Waals surface area contributed by atoms with Gasteiger partial charge in [-0.3, -0.25) is 0 Å². The van der Waals surface area contributed by atoms with Crippen LogP contribution in [0.5, 0.6) is 0 Å². The molecule has 9 aromatic rings. The highest BCUT2D eigenvalue weighted by Crippen LogP contribution is 2.50. The van der Waals surface area contributed by atoms with Gasteiger partial charge in [0.2, 0.25) is 0 Å². The van der Waals surface area contributed by atoms with Crippen molar-refractivity contribution in [2.24, 2.45) is 0 Å². The normalized spacial score (nSPS) is 12.7. The summed E-state index contributed by atoms with van der Waals surface area (Å²) >= 11 is 0. The Hall–Kier alpha value is -5.40. The van der Waals surface area contributed by atoms with E-state index < -0.39 is 0 Å². The molecular weight excluding hydrogens is 593 g/mol. The third-order valence-electron chi connectivity index (χ3n) is 10.4. The Morgan fingerprint density at radius 2 is 0.694 bits per heavy atom. The van der Waals surface area contributed by atoms with Crippen molar-refractivity contribution in [1.82, 2.24) is 0 Å². The molecule has 0 fully saturated rings. The fourth-order valence-electron chi connectivity index (χ4n) is 8.71. The van der Waals surface area contributed by atoms with Crippen molar-refractivity contribution < 1.29 is 4.42 Å². The lowest BCUT2D eigenvalue weighted by Gasteiger charge is -2.26. The first kappa shape index (κ1) is 29.7.